The van der Waals surface area contributed by atoms with Crippen LogP contribution < -0.4 is 5.32 Å². The number of benzene rings is 1. The summed E-state index contributed by atoms with van der Waals surface area (Å²) in [5.74, 6) is 0. The standard InChI is InChI=1S/C9H9BrN2S/c1-11-4-6-2-8(10)3-7-5-12-13-9(6)7/h2-3,5,11H,4H2,1H3. The molecule has 4 heteroatoms. The largest absolute Gasteiger partial charge is 0.316 e. The van der Waals surface area contributed by atoms with Gasteiger partial charge < -0.3 is 5.32 Å². The zero-order chi connectivity index (χ0) is 9.26. The molecule has 2 rings (SSSR count). The maximum atomic E-state index is 4.18. The van der Waals surface area contributed by atoms with Crippen molar-refractivity contribution in [1.29, 1.82) is 0 Å². The Morgan fingerprint density at radius 3 is 3.15 bits per heavy atom. The van der Waals surface area contributed by atoms with E-state index in [1.54, 1.807) is 11.5 Å². The summed E-state index contributed by atoms with van der Waals surface area (Å²) in [6.07, 6.45) is 1.91. The number of aromatic nitrogens is 1. The summed E-state index contributed by atoms with van der Waals surface area (Å²) in [6, 6.07) is 4.23. The van der Waals surface area contributed by atoms with Gasteiger partial charge in [0.25, 0.3) is 0 Å². The Morgan fingerprint density at radius 1 is 1.54 bits per heavy atom. The van der Waals surface area contributed by atoms with Gasteiger partial charge in [-0.25, -0.2) is 0 Å². The Kier molecular flexibility index (Phi) is 2.62. The van der Waals surface area contributed by atoms with Crippen LogP contribution >= 0.6 is 27.5 Å². The second-order valence-electron chi connectivity index (χ2n) is 2.84. The highest BCUT2D eigenvalue weighted by molar-refractivity contribution is 9.10. The zero-order valence-corrected chi connectivity index (χ0v) is 9.58. The van der Waals surface area contributed by atoms with E-state index in [0.29, 0.717) is 0 Å². The lowest BCUT2D eigenvalue weighted by Gasteiger charge is -2.01. The van der Waals surface area contributed by atoms with Crippen molar-refractivity contribution in [1.82, 2.24) is 9.69 Å². The molecule has 2 aromatic rings. The minimum Gasteiger partial charge on any atom is -0.316 e. The van der Waals surface area contributed by atoms with Crippen molar-refractivity contribution >= 4 is 37.5 Å². The average Bonchev–Trinajstić information content (AvgIpc) is 2.52. The molecule has 0 radical (unpaired) electrons. The van der Waals surface area contributed by atoms with Crippen LogP contribution in [0, 0.1) is 0 Å². The first-order valence-corrected chi connectivity index (χ1v) is 5.55. The van der Waals surface area contributed by atoms with Gasteiger partial charge in [-0.15, -0.1) is 0 Å². The van der Waals surface area contributed by atoms with Crippen molar-refractivity contribution in [3.8, 4) is 0 Å². The van der Waals surface area contributed by atoms with E-state index in [9.17, 15) is 0 Å². The van der Waals surface area contributed by atoms with E-state index in [1.807, 2.05) is 13.2 Å². The van der Waals surface area contributed by atoms with Gasteiger partial charge in [-0.1, -0.05) is 15.9 Å². The predicted octanol–water partition coefficient (Wildman–Crippen LogP) is 2.78. The number of hydrogen-bond acceptors (Lipinski definition) is 3. The minimum atomic E-state index is 0.887. The summed E-state index contributed by atoms with van der Waals surface area (Å²) in [5, 5.41) is 4.36. The third-order valence-electron chi connectivity index (χ3n) is 1.86. The molecule has 1 aromatic heterocycles. The van der Waals surface area contributed by atoms with E-state index in [-0.39, 0.29) is 0 Å². The van der Waals surface area contributed by atoms with Crippen LogP contribution in [-0.4, -0.2) is 11.4 Å². The Balaban J connectivity index is 2.63. The highest BCUT2D eigenvalue weighted by atomic mass is 79.9. The first-order chi connectivity index (χ1) is 6.31. The lowest BCUT2D eigenvalue weighted by atomic mass is 10.2. The van der Waals surface area contributed by atoms with Crippen LogP contribution in [0.3, 0.4) is 0 Å². The van der Waals surface area contributed by atoms with Gasteiger partial charge in [0.1, 0.15) is 0 Å². The van der Waals surface area contributed by atoms with Crippen molar-refractivity contribution in [2.24, 2.45) is 0 Å². The number of rotatable bonds is 2. The fourth-order valence-corrected chi connectivity index (χ4v) is 2.60. The van der Waals surface area contributed by atoms with Crippen LogP contribution in [-0.2, 0) is 6.54 Å². The lowest BCUT2D eigenvalue weighted by molar-refractivity contribution is 0.824. The van der Waals surface area contributed by atoms with Crippen LogP contribution in [0.25, 0.3) is 10.1 Å². The molecular weight excluding hydrogens is 248 g/mol. The SMILES string of the molecule is CNCc1cc(Br)cc2cnsc12. The number of fused-ring (bicyclic) bond motifs is 1. The molecule has 0 aliphatic heterocycles. The summed E-state index contributed by atoms with van der Waals surface area (Å²) in [7, 11) is 1.95. The van der Waals surface area contributed by atoms with Gasteiger partial charge >= 0.3 is 0 Å². The molecule has 0 atom stereocenters. The van der Waals surface area contributed by atoms with Gasteiger partial charge in [-0.3, -0.25) is 0 Å². The van der Waals surface area contributed by atoms with Crippen LogP contribution in [0.1, 0.15) is 5.56 Å². The third kappa shape index (κ3) is 1.75. The molecule has 0 saturated carbocycles. The minimum absolute atomic E-state index is 0.887. The molecule has 0 bridgehead atoms. The van der Waals surface area contributed by atoms with Gasteiger partial charge in [-0.2, -0.15) is 4.37 Å². The summed E-state index contributed by atoms with van der Waals surface area (Å²) in [6.45, 7) is 0.887. The summed E-state index contributed by atoms with van der Waals surface area (Å²) < 4.78 is 6.57. The Morgan fingerprint density at radius 2 is 2.38 bits per heavy atom. The highest BCUT2D eigenvalue weighted by Gasteiger charge is 2.04. The van der Waals surface area contributed by atoms with Crippen molar-refractivity contribution in [3.05, 3.63) is 28.4 Å². The summed E-state index contributed by atoms with van der Waals surface area (Å²) in [4.78, 5) is 0. The lowest BCUT2D eigenvalue weighted by Crippen LogP contribution is -2.04. The Hall–Kier alpha value is -0.450. The molecule has 0 unspecified atom stereocenters. The van der Waals surface area contributed by atoms with E-state index < -0.39 is 0 Å². The maximum Gasteiger partial charge on any atom is 0.0595 e. The topological polar surface area (TPSA) is 24.9 Å². The van der Waals surface area contributed by atoms with E-state index >= 15 is 0 Å². The number of nitrogens with one attached hydrogen (secondary N) is 1. The third-order valence-corrected chi connectivity index (χ3v) is 3.21. The van der Waals surface area contributed by atoms with Crippen LogP contribution in [0.15, 0.2) is 22.8 Å². The molecule has 0 spiro atoms. The second-order valence-corrected chi connectivity index (χ2v) is 4.56. The highest BCUT2D eigenvalue weighted by Crippen LogP contribution is 2.26. The summed E-state index contributed by atoms with van der Waals surface area (Å²) >= 11 is 5.04. The molecule has 68 valence electrons. The quantitative estimate of drug-likeness (QED) is 0.894. The van der Waals surface area contributed by atoms with Gasteiger partial charge in [-0.05, 0) is 36.3 Å². The molecule has 2 nitrogen and oxygen atoms in total. The molecule has 13 heavy (non-hydrogen) atoms. The molecule has 0 saturated heterocycles. The van der Waals surface area contributed by atoms with Crippen LogP contribution in [0.4, 0.5) is 0 Å². The molecule has 0 aliphatic rings. The molecule has 0 fully saturated rings. The van der Waals surface area contributed by atoms with Gasteiger partial charge in [0.15, 0.2) is 0 Å². The van der Waals surface area contributed by atoms with E-state index in [4.69, 9.17) is 0 Å². The molecule has 1 N–H and O–H groups in total. The summed E-state index contributed by atoms with van der Waals surface area (Å²) in [5.41, 5.74) is 1.30. The monoisotopic (exact) mass is 256 g/mol. The van der Waals surface area contributed by atoms with Crippen molar-refractivity contribution < 1.29 is 0 Å². The van der Waals surface area contributed by atoms with E-state index in [1.165, 1.54) is 15.6 Å². The molecule has 0 amide bonds. The first-order valence-electron chi connectivity index (χ1n) is 3.98. The fraction of sp³-hybridized carbons (Fsp3) is 0.222. The molecule has 1 heterocycles. The molecule has 0 aliphatic carbocycles. The zero-order valence-electron chi connectivity index (χ0n) is 7.17. The van der Waals surface area contributed by atoms with Gasteiger partial charge in [0.2, 0.25) is 0 Å². The smallest absolute Gasteiger partial charge is 0.0595 e. The van der Waals surface area contributed by atoms with Crippen LogP contribution in [0.5, 0.6) is 0 Å². The first kappa shape index (κ1) is 9.12. The van der Waals surface area contributed by atoms with Gasteiger partial charge in [0.05, 0.1) is 4.70 Å². The number of halogens is 1. The normalized spacial score (nSPS) is 10.9. The Labute approximate surface area is 89.3 Å². The average molecular weight is 257 g/mol. The van der Waals surface area contributed by atoms with E-state index in [0.717, 1.165) is 11.0 Å². The van der Waals surface area contributed by atoms with Gasteiger partial charge in [0, 0.05) is 22.6 Å². The molecule has 1 aromatic carbocycles. The predicted molar refractivity (Wildman–Crippen MR) is 60.1 cm³/mol. The Bertz CT molecular complexity index is 424. The van der Waals surface area contributed by atoms with Crippen LogP contribution in [0.2, 0.25) is 0 Å². The molecular formula is C9H9BrN2S. The van der Waals surface area contributed by atoms with Crippen molar-refractivity contribution in [3.63, 3.8) is 0 Å². The van der Waals surface area contributed by atoms with Crippen molar-refractivity contribution in [2.45, 2.75) is 6.54 Å². The second kappa shape index (κ2) is 3.74. The number of nitrogens with zero attached hydrogens (tertiary/aromatic N) is 1. The maximum absolute atomic E-state index is 4.18. The van der Waals surface area contributed by atoms with Crippen molar-refractivity contribution in [2.75, 3.05) is 7.05 Å². The fourth-order valence-electron chi connectivity index (χ4n) is 1.34. The number of hydrogen-bond donors (Lipinski definition) is 1. The van der Waals surface area contributed by atoms with E-state index in [2.05, 4.69) is 37.8 Å².